The Morgan fingerprint density at radius 3 is 2.64 bits per heavy atom. The number of anilines is 1. The number of hydrogen-bond acceptors (Lipinski definition) is 3. The van der Waals surface area contributed by atoms with E-state index in [0.29, 0.717) is 5.56 Å². The third-order valence-electron chi connectivity index (χ3n) is 4.43. The molecular weight excluding hydrogens is 321 g/mol. The summed E-state index contributed by atoms with van der Waals surface area (Å²) in [4.78, 5) is 24.2. The molecule has 4 N–H and O–H groups in total. The second kappa shape index (κ2) is 7.34. The quantitative estimate of drug-likeness (QED) is 0.781. The van der Waals surface area contributed by atoms with E-state index in [0.717, 1.165) is 24.2 Å². The van der Waals surface area contributed by atoms with Crippen molar-refractivity contribution in [3.63, 3.8) is 0 Å². The van der Waals surface area contributed by atoms with Gasteiger partial charge in [0.15, 0.2) is 0 Å². The first-order chi connectivity index (χ1) is 12.0. The highest BCUT2D eigenvalue weighted by Crippen LogP contribution is 2.33. The topological polar surface area (TPSA) is 84.2 Å². The van der Waals surface area contributed by atoms with E-state index in [-0.39, 0.29) is 18.2 Å². The maximum Gasteiger partial charge on any atom is 0.244 e. The number of rotatable bonds is 5. The van der Waals surface area contributed by atoms with E-state index in [1.807, 2.05) is 24.3 Å². The van der Waals surface area contributed by atoms with Gasteiger partial charge in [-0.25, -0.2) is 4.39 Å². The Kier molecular flexibility index (Phi) is 4.97. The normalized spacial score (nSPS) is 17.1. The molecule has 1 aliphatic rings. The summed E-state index contributed by atoms with van der Waals surface area (Å²) in [6.45, 7) is 0.798. The van der Waals surface area contributed by atoms with Crippen LogP contribution in [0.25, 0.3) is 0 Å². The summed E-state index contributed by atoms with van der Waals surface area (Å²) in [6, 6.07) is 12.3. The van der Waals surface area contributed by atoms with Crippen LogP contribution in [0.1, 0.15) is 35.9 Å². The van der Waals surface area contributed by atoms with Crippen LogP contribution in [0.3, 0.4) is 0 Å². The summed E-state index contributed by atoms with van der Waals surface area (Å²) < 4.78 is 13.1. The summed E-state index contributed by atoms with van der Waals surface area (Å²) in [5.74, 6) is -1.26. The summed E-state index contributed by atoms with van der Waals surface area (Å²) in [7, 11) is 0. The van der Waals surface area contributed by atoms with Gasteiger partial charge in [0.1, 0.15) is 11.9 Å². The van der Waals surface area contributed by atoms with Crippen LogP contribution in [0.2, 0.25) is 0 Å². The molecule has 0 aromatic heterocycles. The highest BCUT2D eigenvalue weighted by Gasteiger charge is 2.25. The summed E-state index contributed by atoms with van der Waals surface area (Å²) in [6.07, 6.45) is 1.10. The van der Waals surface area contributed by atoms with Crippen LogP contribution in [0.5, 0.6) is 0 Å². The van der Waals surface area contributed by atoms with Gasteiger partial charge in [-0.3, -0.25) is 9.59 Å². The van der Waals surface area contributed by atoms with Gasteiger partial charge in [0.05, 0.1) is 0 Å². The average Bonchev–Trinajstić information content (AvgIpc) is 2.61. The van der Waals surface area contributed by atoms with E-state index < -0.39 is 17.8 Å². The third-order valence-corrected chi connectivity index (χ3v) is 4.43. The van der Waals surface area contributed by atoms with E-state index in [9.17, 15) is 14.0 Å². The zero-order chi connectivity index (χ0) is 17.8. The van der Waals surface area contributed by atoms with Crippen molar-refractivity contribution in [3.8, 4) is 0 Å². The maximum absolute atomic E-state index is 13.1. The molecule has 0 spiro atoms. The third kappa shape index (κ3) is 3.96. The zero-order valence-corrected chi connectivity index (χ0v) is 13.7. The number of fused-ring (bicyclic) bond motifs is 1. The molecule has 2 unspecified atom stereocenters. The number of nitrogens with two attached hydrogens (primary N) is 1. The van der Waals surface area contributed by atoms with Gasteiger partial charge >= 0.3 is 0 Å². The number of para-hydroxylation sites is 1. The standard InChI is InChI=1S/C19H20FN3O2/c20-14-7-5-12(6-8-14)18(19(21)25)23-17(24)11-13-9-10-22-16-4-2-1-3-15(13)16/h1-8,13,18,22H,9-11H2,(H2,21,25)(H,23,24). The van der Waals surface area contributed by atoms with Crippen molar-refractivity contribution in [2.24, 2.45) is 5.73 Å². The first-order valence-electron chi connectivity index (χ1n) is 8.21. The van der Waals surface area contributed by atoms with Crippen LogP contribution < -0.4 is 16.4 Å². The zero-order valence-electron chi connectivity index (χ0n) is 13.7. The van der Waals surface area contributed by atoms with Crippen molar-refractivity contribution in [1.82, 2.24) is 5.32 Å². The fraction of sp³-hybridized carbons (Fsp3) is 0.263. The molecule has 130 valence electrons. The number of benzene rings is 2. The summed E-state index contributed by atoms with van der Waals surface area (Å²) in [5, 5.41) is 5.99. The summed E-state index contributed by atoms with van der Waals surface area (Å²) >= 11 is 0. The van der Waals surface area contributed by atoms with Crippen LogP contribution in [0.15, 0.2) is 48.5 Å². The van der Waals surface area contributed by atoms with Crippen LogP contribution in [0.4, 0.5) is 10.1 Å². The van der Waals surface area contributed by atoms with Gasteiger partial charge in [-0.1, -0.05) is 30.3 Å². The Morgan fingerprint density at radius 1 is 1.20 bits per heavy atom. The van der Waals surface area contributed by atoms with E-state index in [4.69, 9.17) is 5.73 Å². The van der Waals surface area contributed by atoms with E-state index >= 15 is 0 Å². The number of halogens is 1. The molecule has 0 radical (unpaired) electrons. The highest BCUT2D eigenvalue weighted by molar-refractivity contribution is 5.88. The molecule has 2 amide bonds. The molecule has 6 heteroatoms. The SMILES string of the molecule is NC(=O)C(NC(=O)CC1CCNc2ccccc21)c1ccc(F)cc1. The Labute approximate surface area is 145 Å². The monoisotopic (exact) mass is 341 g/mol. The summed E-state index contributed by atoms with van der Waals surface area (Å²) in [5.41, 5.74) is 8.01. The van der Waals surface area contributed by atoms with Crippen molar-refractivity contribution in [3.05, 3.63) is 65.5 Å². The first-order valence-corrected chi connectivity index (χ1v) is 8.21. The lowest BCUT2D eigenvalue weighted by Gasteiger charge is -2.27. The Hall–Kier alpha value is -2.89. The Morgan fingerprint density at radius 2 is 1.92 bits per heavy atom. The van der Waals surface area contributed by atoms with E-state index in [1.54, 1.807) is 0 Å². The minimum Gasteiger partial charge on any atom is -0.385 e. The van der Waals surface area contributed by atoms with Crippen molar-refractivity contribution < 1.29 is 14.0 Å². The van der Waals surface area contributed by atoms with Crippen LogP contribution >= 0.6 is 0 Å². The van der Waals surface area contributed by atoms with Gasteiger partial charge in [0.2, 0.25) is 11.8 Å². The van der Waals surface area contributed by atoms with E-state index in [2.05, 4.69) is 10.6 Å². The van der Waals surface area contributed by atoms with E-state index in [1.165, 1.54) is 24.3 Å². The molecule has 2 aromatic rings. The molecule has 0 bridgehead atoms. The molecular formula is C19H20FN3O2. The molecule has 1 aliphatic heterocycles. The second-order valence-electron chi connectivity index (χ2n) is 6.16. The largest absolute Gasteiger partial charge is 0.385 e. The number of amides is 2. The lowest BCUT2D eigenvalue weighted by atomic mass is 9.88. The lowest BCUT2D eigenvalue weighted by molar-refractivity contribution is -0.127. The predicted octanol–water partition coefficient (Wildman–Crippen LogP) is 2.46. The van der Waals surface area contributed by atoms with Crippen LogP contribution in [0, 0.1) is 5.82 Å². The molecule has 2 aromatic carbocycles. The first kappa shape index (κ1) is 17.0. The lowest BCUT2D eigenvalue weighted by Crippen LogP contribution is -2.38. The molecule has 5 nitrogen and oxygen atoms in total. The maximum atomic E-state index is 13.1. The molecule has 1 heterocycles. The molecule has 3 rings (SSSR count). The van der Waals surface area contributed by atoms with Crippen molar-refractivity contribution in [2.45, 2.75) is 24.8 Å². The fourth-order valence-corrected chi connectivity index (χ4v) is 3.18. The van der Waals surface area contributed by atoms with Gasteiger partial charge in [-0.15, -0.1) is 0 Å². The fourth-order valence-electron chi connectivity index (χ4n) is 3.18. The minimum absolute atomic E-state index is 0.0826. The average molecular weight is 341 g/mol. The second-order valence-corrected chi connectivity index (χ2v) is 6.16. The van der Waals surface area contributed by atoms with Gasteiger partial charge < -0.3 is 16.4 Å². The number of nitrogens with one attached hydrogen (secondary N) is 2. The van der Waals surface area contributed by atoms with Crippen LogP contribution in [-0.2, 0) is 9.59 Å². The van der Waals surface area contributed by atoms with Crippen molar-refractivity contribution in [2.75, 3.05) is 11.9 Å². The van der Waals surface area contributed by atoms with Gasteiger partial charge in [-0.05, 0) is 41.7 Å². The number of hydrogen-bond donors (Lipinski definition) is 3. The molecule has 2 atom stereocenters. The minimum atomic E-state index is -0.968. The molecule has 0 aliphatic carbocycles. The van der Waals surface area contributed by atoms with Gasteiger partial charge in [-0.2, -0.15) is 0 Å². The Balaban J connectivity index is 1.71. The van der Waals surface area contributed by atoms with Gasteiger partial charge in [0, 0.05) is 18.7 Å². The molecule has 0 saturated heterocycles. The number of carbonyl (C=O) groups excluding carboxylic acids is 2. The molecule has 0 saturated carbocycles. The molecule has 25 heavy (non-hydrogen) atoms. The van der Waals surface area contributed by atoms with Crippen molar-refractivity contribution >= 4 is 17.5 Å². The predicted molar refractivity (Wildman–Crippen MR) is 93.4 cm³/mol. The number of primary amides is 1. The van der Waals surface area contributed by atoms with Crippen LogP contribution in [-0.4, -0.2) is 18.4 Å². The Bertz CT molecular complexity index is 776. The smallest absolute Gasteiger partial charge is 0.244 e. The van der Waals surface area contributed by atoms with Gasteiger partial charge in [0.25, 0.3) is 0 Å². The molecule has 0 fully saturated rings. The van der Waals surface area contributed by atoms with Crippen molar-refractivity contribution in [1.29, 1.82) is 0 Å². The highest BCUT2D eigenvalue weighted by atomic mass is 19.1. The number of carbonyl (C=O) groups is 2.